The molecule has 0 atom stereocenters. The number of thiophene rings is 1. The molecular formula is C23H23N9O2S2. The van der Waals surface area contributed by atoms with E-state index in [9.17, 15) is 13.7 Å². The summed E-state index contributed by atoms with van der Waals surface area (Å²) in [6, 6.07) is 6.00. The molecular weight excluding hydrogens is 498 g/mol. The lowest BCUT2D eigenvalue weighted by Crippen LogP contribution is -2.64. The Balaban J connectivity index is 1.69. The number of hydrogen-bond acceptors (Lipinski definition) is 10. The van der Waals surface area contributed by atoms with Gasteiger partial charge in [-0.1, -0.05) is 6.58 Å². The Morgan fingerprint density at radius 1 is 1.36 bits per heavy atom. The molecule has 0 saturated carbocycles. The third-order valence-electron chi connectivity index (χ3n) is 5.99. The van der Waals surface area contributed by atoms with Gasteiger partial charge in [-0.2, -0.15) is 19.9 Å². The van der Waals surface area contributed by atoms with Crippen LogP contribution < -0.4 is 0 Å². The molecule has 1 saturated heterocycles. The number of nitriles is 2. The molecule has 0 bridgehead atoms. The number of aromatic nitrogens is 4. The minimum absolute atomic E-state index is 0.00292. The molecule has 0 amide bonds. The van der Waals surface area contributed by atoms with Gasteiger partial charge in [-0.05, 0) is 31.2 Å². The molecule has 4 heterocycles. The second-order valence-electron chi connectivity index (χ2n) is 8.37. The number of hydrogen-bond donors (Lipinski definition) is 1. The van der Waals surface area contributed by atoms with Crippen LogP contribution >= 0.6 is 11.3 Å². The van der Waals surface area contributed by atoms with Crippen molar-refractivity contribution in [2.45, 2.75) is 31.7 Å². The highest BCUT2D eigenvalue weighted by atomic mass is 32.2. The maximum atomic E-state index is 12.2. The van der Waals surface area contributed by atoms with E-state index in [1.54, 1.807) is 24.0 Å². The first-order valence-electron chi connectivity index (χ1n) is 11.1. The fourth-order valence-corrected chi connectivity index (χ4v) is 5.98. The molecule has 36 heavy (non-hydrogen) atoms. The van der Waals surface area contributed by atoms with E-state index in [1.165, 1.54) is 15.6 Å². The van der Waals surface area contributed by atoms with Crippen LogP contribution in [-0.2, 0) is 15.6 Å². The van der Waals surface area contributed by atoms with Gasteiger partial charge in [0.15, 0.2) is 0 Å². The Kier molecular flexibility index (Phi) is 7.08. The highest BCUT2D eigenvalue weighted by molar-refractivity contribution is 7.89. The van der Waals surface area contributed by atoms with Crippen molar-refractivity contribution in [1.82, 2.24) is 24.1 Å². The lowest BCUT2D eigenvalue weighted by Gasteiger charge is -2.47. The zero-order chi connectivity index (χ0) is 25.9. The van der Waals surface area contributed by atoms with Crippen molar-refractivity contribution in [3.8, 4) is 23.4 Å². The van der Waals surface area contributed by atoms with Gasteiger partial charge >= 0.3 is 0 Å². The first kappa shape index (κ1) is 25.3. The number of rotatable bonds is 10. The maximum Gasteiger partial charge on any atom is 0.250 e. The van der Waals surface area contributed by atoms with Crippen LogP contribution in [0.3, 0.4) is 0 Å². The normalized spacial score (nSPS) is 15.7. The summed E-state index contributed by atoms with van der Waals surface area (Å²) < 4.78 is 28.4. The molecule has 0 spiro atoms. The molecule has 0 aromatic carbocycles. The fourth-order valence-electron chi connectivity index (χ4n) is 3.90. The third-order valence-corrected chi connectivity index (χ3v) is 8.68. The monoisotopic (exact) mass is 521 g/mol. The van der Waals surface area contributed by atoms with Crippen LogP contribution in [0.1, 0.15) is 26.2 Å². The summed E-state index contributed by atoms with van der Waals surface area (Å²) in [5, 5.41) is 32.4. The Labute approximate surface area is 212 Å². The molecule has 1 aliphatic rings. The van der Waals surface area contributed by atoms with Crippen LogP contribution in [0.5, 0.6) is 0 Å². The average Bonchev–Trinajstić information content (AvgIpc) is 3.53. The van der Waals surface area contributed by atoms with E-state index >= 15 is 0 Å². The molecule has 1 N–H and O–H groups in total. The lowest BCUT2D eigenvalue weighted by atomic mass is 9.89. The molecule has 13 heteroatoms. The highest BCUT2D eigenvalue weighted by Crippen LogP contribution is 2.37. The van der Waals surface area contributed by atoms with Gasteiger partial charge in [-0.15, -0.1) is 11.3 Å². The van der Waals surface area contributed by atoms with Crippen LogP contribution in [0.2, 0.25) is 0 Å². The summed E-state index contributed by atoms with van der Waals surface area (Å²) in [6.07, 6.45) is 5.39. The molecule has 0 radical (unpaired) electrons. The van der Waals surface area contributed by atoms with Crippen molar-refractivity contribution in [3.63, 3.8) is 0 Å². The van der Waals surface area contributed by atoms with Crippen LogP contribution in [0.15, 0.2) is 41.0 Å². The second kappa shape index (κ2) is 10.1. The summed E-state index contributed by atoms with van der Waals surface area (Å²) in [7, 11) is -3.35. The van der Waals surface area contributed by atoms with Gasteiger partial charge in [0, 0.05) is 36.6 Å². The van der Waals surface area contributed by atoms with E-state index in [4.69, 9.17) is 10.7 Å². The Bertz CT molecular complexity index is 1550. The first-order valence-corrected chi connectivity index (χ1v) is 13.6. The molecule has 4 rings (SSSR count). The van der Waals surface area contributed by atoms with Gasteiger partial charge in [-0.3, -0.25) is 4.68 Å². The van der Waals surface area contributed by atoms with Crippen LogP contribution in [0.25, 0.3) is 21.5 Å². The highest BCUT2D eigenvalue weighted by Gasteiger charge is 2.49. The number of allylic oxidation sites excluding steroid dienone is 1. The SMILES string of the molecule is C=C(C#N)CCC(C=N)=Nc1nc(-c2cnn(C3(CC#N)CN(S(=O)(=O)CC)C3)c2)c2sccc2n1. The summed E-state index contributed by atoms with van der Waals surface area (Å²) in [5.41, 5.74) is 2.06. The zero-order valence-corrected chi connectivity index (χ0v) is 21.2. The quantitative estimate of drug-likeness (QED) is 0.315. The summed E-state index contributed by atoms with van der Waals surface area (Å²) in [4.78, 5) is 13.5. The smallest absolute Gasteiger partial charge is 0.250 e. The Morgan fingerprint density at radius 3 is 2.81 bits per heavy atom. The van der Waals surface area contributed by atoms with E-state index in [0.29, 0.717) is 40.9 Å². The van der Waals surface area contributed by atoms with Gasteiger partial charge < -0.3 is 5.41 Å². The number of sulfonamides is 1. The molecule has 0 unspecified atom stereocenters. The topological polar surface area (TPSA) is 165 Å². The lowest BCUT2D eigenvalue weighted by molar-refractivity contribution is 0.0719. The molecule has 1 aliphatic heterocycles. The first-order chi connectivity index (χ1) is 17.2. The zero-order valence-electron chi connectivity index (χ0n) is 19.5. The largest absolute Gasteiger partial charge is 0.307 e. The predicted octanol–water partition coefficient (Wildman–Crippen LogP) is 3.41. The van der Waals surface area contributed by atoms with E-state index in [-0.39, 0.29) is 31.2 Å². The number of fused-ring (bicyclic) bond motifs is 1. The fraction of sp³-hybridized carbons (Fsp3) is 0.348. The molecule has 1 fully saturated rings. The average molecular weight is 522 g/mol. The molecule has 3 aromatic heterocycles. The minimum Gasteiger partial charge on any atom is -0.307 e. The third kappa shape index (κ3) is 4.81. The van der Waals surface area contributed by atoms with Crippen LogP contribution in [0.4, 0.5) is 5.95 Å². The van der Waals surface area contributed by atoms with Crippen molar-refractivity contribution >= 4 is 49.5 Å². The predicted molar refractivity (Wildman–Crippen MR) is 138 cm³/mol. The molecule has 11 nitrogen and oxygen atoms in total. The van der Waals surface area contributed by atoms with Crippen molar-refractivity contribution in [2.75, 3.05) is 18.8 Å². The minimum atomic E-state index is -3.35. The Morgan fingerprint density at radius 2 is 2.14 bits per heavy atom. The maximum absolute atomic E-state index is 12.2. The number of aliphatic imine (C=N–C) groups is 1. The van der Waals surface area contributed by atoms with E-state index in [1.807, 2.05) is 17.5 Å². The molecule has 184 valence electrons. The van der Waals surface area contributed by atoms with E-state index in [2.05, 4.69) is 32.7 Å². The Hall–Kier alpha value is -3.78. The van der Waals surface area contributed by atoms with Gasteiger partial charge in [0.05, 0.1) is 52.1 Å². The number of nitrogens with zero attached hydrogens (tertiary/aromatic N) is 8. The molecule has 0 aliphatic carbocycles. The van der Waals surface area contributed by atoms with E-state index in [0.717, 1.165) is 10.9 Å². The van der Waals surface area contributed by atoms with E-state index < -0.39 is 15.6 Å². The standard InChI is InChI=1S/C23H23N9O2S2/c1-3-36(33,34)31-14-23(15-31,7-8-24)32-13-17(12-27-32)20-21-19(6-9-35-21)29-22(30-20)28-18(11-26)5-4-16(2)10-25/h6,9,11-13,26H,2-5,7,14-15H2,1H3. The van der Waals surface area contributed by atoms with Gasteiger partial charge in [0.25, 0.3) is 5.95 Å². The second-order valence-corrected chi connectivity index (χ2v) is 11.5. The summed E-state index contributed by atoms with van der Waals surface area (Å²) in [5.74, 6) is 0.184. The van der Waals surface area contributed by atoms with Crippen LogP contribution in [0, 0.1) is 28.1 Å². The van der Waals surface area contributed by atoms with Gasteiger partial charge in [-0.25, -0.2) is 23.4 Å². The van der Waals surface area contributed by atoms with Crippen molar-refractivity contribution in [2.24, 2.45) is 4.99 Å². The van der Waals surface area contributed by atoms with Gasteiger partial charge in [0.2, 0.25) is 10.0 Å². The van der Waals surface area contributed by atoms with Crippen LogP contribution in [-0.4, -0.2) is 63.2 Å². The number of nitrogens with one attached hydrogen (secondary N) is 1. The van der Waals surface area contributed by atoms with Crippen molar-refractivity contribution in [3.05, 3.63) is 36.0 Å². The van der Waals surface area contributed by atoms with Gasteiger partial charge in [0.1, 0.15) is 5.54 Å². The summed E-state index contributed by atoms with van der Waals surface area (Å²) in [6.45, 7) is 5.62. The molecule has 3 aromatic rings. The summed E-state index contributed by atoms with van der Waals surface area (Å²) >= 11 is 1.47. The van der Waals surface area contributed by atoms with Crippen molar-refractivity contribution in [1.29, 1.82) is 15.9 Å². The van der Waals surface area contributed by atoms with Crippen molar-refractivity contribution < 1.29 is 8.42 Å².